The van der Waals surface area contributed by atoms with Crippen molar-refractivity contribution in [2.75, 3.05) is 44.2 Å². The number of nitrogens with zero attached hydrogens (tertiary/aromatic N) is 4. The summed E-state index contributed by atoms with van der Waals surface area (Å²) in [6.45, 7) is 9.97. The number of halogens is 3. The van der Waals surface area contributed by atoms with Gasteiger partial charge in [0.05, 0.1) is 23.6 Å². The van der Waals surface area contributed by atoms with Crippen molar-refractivity contribution >= 4 is 61.4 Å². The molecule has 12 nitrogen and oxygen atoms in total. The quantitative estimate of drug-likeness (QED) is 0.111. The summed E-state index contributed by atoms with van der Waals surface area (Å²) in [5.41, 5.74) is 3.18. The molecule has 0 radical (unpaired) electrons. The Bertz CT molecular complexity index is 2600. The summed E-state index contributed by atoms with van der Waals surface area (Å²) in [6.07, 6.45) is 8.24. The van der Waals surface area contributed by atoms with Crippen LogP contribution < -0.4 is 19.1 Å². The molecule has 1 saturated carbocycles. The van der Waals surface area contributed by atoms with E-state index in [1.807, 2.05) is 18.2 Å². The number of H-pyrrole nitrogens is 1. The molecule has 4 heterocycles. The van der Waals surface area contributed by atoms with Gasteiger partial charge >= 0.3 is 0 Å². The minimum atomic E-state index is -4.50. The van der Waals surface area contributed by atoms with E-state index in [9.17, 15) is 18.3 Å². The third-order valence-electron chi connectivity index (χ3n) is 12.4. The number of sulfonamides is 1. The van der Waals surface area contributed by atoms with Gasteiger partial charge in [0.15, 0.2) is 0 Å². The first-order valence-corrected chi connectivity index (χ1v) is 23.1. The van der Waals surface area contributed by atoms with E-state index in [0.29, 0.717) is 11.4 Å². The van der Waals surface area contributed by atoms with E-state index < -0.39 is 27.2 Å². The standard InChI is InChI=1S/C46H51Cl2FN6O6S/c1-44(2)12-10-32(38(25-44)30-4-6-33(47)7-5-30)28-54-18-20-55(21-19-54)34-8-9-37(40(23-34)61-35-22-31-11-17-50-41(31)51-26-35)42(56)53-62(58,59)36-24-39(48)43(52-27-36)60-29-46(49)15-13-45(3,57)14-16-46/h4-9,11,17,22-24,26-27,57H,10,12-16,18-21,25,28-29H2,1-3H3,(H,50,51)(H,53,56)/t45-,46-. The topological polar surface area (TPSA) is 150 Å². The number of alkyl halides is 1. The lowest BCUT2D eigenvalue weighted by molar-refractivity contribution is -0.0483. The average Bonchev–Trinajstić information content (AvgIpc) is 3.71. The van der Waals surface area contributed by atoms with Crippen molar-refractivity contribution in [1.82, 2.24) is 24.6 Å². The van der Waals surface area contributed by atoms with Crippen LogP contribution in [0.2, 0.25) is 10.0 Å². The number of carbonyl (C=O) groups excluding carboxylic acids is 1. The number of ether oxygens (including phenoxy) is 2. The van der Waals surface area contributed by atoms with Crippen LogP contribution in [0.1, 0.15) is 81.6 Å². The lowest BCUT2D eigenvalue weighted by atomic mass is 9.72. The maximum atomic E-state index is 15.4. The number of piperazine rings is 1. The fraction of sp³-hybridized carbons (Fsp3) is 0.413. The largest absolute Gasteiger partial charge is 0.473 e. The van der Waals surface area contributed by atoms with Gasteiger partial charge in [-0.25, -0.2) is 27.5 Å². The van der Waals surface area contributed by atoms with Crippen molar-refractivity contribution in [3.63, 3.8) is 0 Å². The summed E-state index contributed by atoms with van der Waals surface area (Å²) >= 11 is 12.6. The van der Waals surface area contributed by atoms with Gasteiger partial charge in [0.25, 0.3) is 15.9 Å². The van der Waals surface area contributed by atoms with Crippen molar-refractivity contribution in [2.24, 2.45) is 5.41 Å². The summed E-state index contributed by atoms with van der Waals surface area (Å²) < 4.78 is 56.6. The number of hydrogen-bond donors (Lipinski definition) is 3. The summed E-state index contributed by atoms with van der Waals surface area (Å²) in [5.74, 6) is -0.585. The fourth-order valence-corrected chi connectivity index (χ4v) is 9.80. The van der Waals surface area contributed by atoms with Crippen LogP contribution in [-0.2, 0) is 10.0 Å². The maximum Gasteiger partial charge on any atom is 0.268 e. The van der Waals surface area contributed by atoms with E-state index in [0.717, 1.165) is 80.3 Å². The Hall–Kier alpha value is -4.73. The number of allylic oxidation sites excluding steroid dienone is 1. The van der Waals surface area contributed by atoms with Crippen LogP contribution in [0.25, 0.3) is 16.6 Å². The molecule has 0 bridgehead atoms. The number of nitrogens with one attached hydrogen (secondary N) is 2. The first-order chi connectivity index (χ1) is 29.4. The smallest absolute Gasteiger partial charge is 0.268 e. The van der Waals surface area contributed by atoms with Gasteiger partial charge in [-0.2, -0.15) is 0 Å². The Morgan fingerprint density at radius 1 is 0.935 bits per heavy atom. The van der Waals surface area contributed by atoms with Gasteiger partial charge in [-0.05, 0) is 111 Å². The number of aromatic amines is 1. The molecule has 1 saturated heterocycles. The van der Waals surface area contributed by atoms with Crippen molar-refractivity contribution < 1.29 is 32.2 Å². The van der Waals surface area contributed by atoms with Gasteiger partial charge in [0.1, 0.15) is 39.3 Å². The Morgan fingerprint density at radius 3 is 2.40 bits per heavy atom. The molecule has 1 aliphatic heterocycles. The molecule has 8 rings (SSSR count). The summed E-state index contributed by atoms with van der Waals surface area (Å²) in [6, 6.07) is 18.0. The molecule has 2 fully saturated rings. The highest BCUT2D eigenvalue weighted by atomic mass is 35.5. The van der Waals surface area contributed by atoms with E-state index in [1.165, 1.54) is 22.9 Å². The highest BCUT2D eigenvalue weighted by Gasteiger charge is 2.41. The van der Waals surface area contributed by atoms with Gasteiger partial charge < -0.3 is 24.5 Å². The zero-order valence-electron chi connectivity index (χ0n) is 35.0. The number of benzene rings is 2. The molecule has 3 aliphatic rings. The number of aliphatic hydroxyl groups is 1. The third kappa shape index (κ3) is 10.2. The van der Waals surface area contributed by atoms with E-state index in [2.05, 4.69) is 55.5 Å². The number of pyridine rings is 2. The minimum absolute atomic E-state index is 0.0225. The fourth-order valence-electron chi connectivity index (χ4n) is 8.46. The maximum absolute atomic E-state index is 15.4. The zero-order chi connectivity index (χ0) is 43.9. The van der Waals surface area contributed by atoms with Crippen LogP contribution in [0.5, 0.6) is 17.4 Å². The Balaban J connectivity index is 0.977. The molecule has 16 heteroatoms. The molecule has 2 aliphatic carbocycles. The summed E-state index contributed by atoms with van der Waals surface area (Å²) in [4.78, 5) is 29.7. The molecule has 3 N–H and O–H groups in total. The lowest BCUT2D eigenvalue weighted by Crippen LogP contribution is -2.47. The number of carbonyl (C=O) groups is 1. The molecular formula is C46H51Cl2FN6O6S. The van der Waals surface area contributed by atoms with Crippen LogP contribution >= 0.6 is 23.2 Å². The van der Waals surface area contributed by atoms with Crippen molar-refractivity contribution in [3.8, 4) is 17.4 Å². The molecule has 1 amide bonds. The van der Waals surface area contributed by atoms with E-state index in [-0.39, 0.29) is 64.8 Å². The van der Waals surface area contributed by atoms with Gasteiger partial charge in [-0.1, -0.05) is 54.8 Å². The second-order valence-electron chi connectivity index (χ2n) is 17.9. The van der Waals surface area contributed by atoms with Gasteiger partial charge in [-0.15, -0.1) is 0 Å². The molecule has 328 valence electrons. The first kappa shape index (κ1) is 43.9. The van der Waals surface area contributed by atoms with Crippen molar-refractivity contribution in [2.45, 2.75) is 81.9 Å². The van der Waals surface area contributed by atoms with Crippen LogP contribution in [-0.4, -0.2) is 89.9 Å². The van der Waals surface area contributed by atoms with E-state index in [4.69, 9.17) is 32.7 Å². The zero-order valence-corrected chi connectivity index (χ0v) is 37.3. The van der Waals surface area contributed by atoms with Crippen LogP contribution in [0.4, 0.5) is 10.1 Å². The SMILES string of the molecule is CC1(C)CCC(CN2CCN(c3ccc(C(=O)NS(=O)(=O)c4cnc(OC[C@]5(F)CC[C@](C)(O)CC5)c(Cl)c4)c(Oc4cnc5[nH]ccc5c4)c3)CC2)=C(c2ccc(Cl)cc2)C1. The number of aromatic nitrogens is 3. The predicted octanol–water partition coefficient (Wildman–Crippen LogP) is 9.37. The summed E-state index contributed by atoms with van der Waals surface area (Å²) in [7, 11) is -4.50. The molecule has 2 aromatic carbocycles. The number of rotatable bonds is 12. The van der Waals surface area contributed by atoms with Gasteiger partial charge in [0, 0.05) is 61.1 Å². The molecular weight excluding hydrogens is 855 g/mol. The number of amides is 1. The number of fused-ring (bicyclic) bond motifs is 1. The van der Waals surface area contributed by atoms with Gasteiger partial charge in [-0.3, -0.25) is 9.69 Å². The molecule has 62 heavy (non-hydrogen) atoms. The Kier molecular flexibility index (Phi) is 12.4. The van der Waals surface area contributed by atoms with Crippen LogP contribution in [0.3, 0.4) is 0 Å². The number of anilines is 1. The third-order valence-corrected chi connectivity index (χ3v) is 14.2. The lowest BCUT2D eigenvalue weighted by Gasteiger charge is -2.39. The van der Waals surface area contributed by atoms with Gasteiger partial charge in [0.2, 0.25) is 5.88 Å². The number of hydrogen-bond acceptors (Lipinski definition) is 10. The van der Waals surface area contributed by atoms with Crippen LogP contribution in [0, 0.1) is 5.41 Å². The van der Waals surface area contributed by atoms with E-state index >= 15 is 4.39 Å². The Labute approximate surface area is 371 Å². The molecule has 0 spiro atoms. The monoisotopic (exact) mass is 904 g/mol. The second-order valence-corrected chi connectivity index (χ2v) is 20.4. The highest BCUT2D eigenvalue weighted by molar-refractivity contribution is 7.90. The first-order valence-electron chi connectivity index (χ1n) is 20.9. The normalized spacial score (nSPS) is 22.1. The average molecular weight is 906 g/mol. The highest BCUT2D eigenvalue weighted by Crippen LogP contribution is 2.44. The van der Waals surface area contributed by atoms with Crippen molar-refractivity contribution in [3.05, 3.63) is 106 Å². The molecule has 3 aromatic heterocycles. The molecule has 0 unspecified atom stereocenters. The second kappa shape index (κ2) is 17.4. The van der Waals surface area contributed by atoms with Crippen LogP contribution in [0.15, 0.2) is 89.7 Å². The van der Waals surface area contributed by atoms with E-state index in [1.54, 1.807) is 37.4 Å². The predicted molar refractivity (Wildman–Crippen MR) is 240 cm³/mol. The van der Waals surface area contributed by atoms with Crippen molar-refractivity contribution in [1.29, 1.82) is 0 Å². The Morgan fingerprint density at radius 2 is 1.68 bits per heavy atom. The molecule has 0 atom stereocenters. The molecule has 5 aromatic rings. The minimum Gasteiger partial charge on any atom is -0.473 e. The summed E-state index contributed by atoms with van der Waals surface area (Å²) in [5, 5.41) is 11.6.